The maximum Gasteiger partial charge on any atom is 0.320 e. The van der Waals surface area contributed by atoms with Crippen LogP contribution >= 0.6 is 27.7 Å². The number of aliphatic carboxylic acids is 1. The molecule has 0 aromatic heterocycles. The number of thioether (sulfide) groups is 1. The summed E-state index contributed by atoms with van der Waals surface area (Å²) in [6, 6.07) is 4.76. The first kappa shape index (κ1) is 14.3. The van der Waals surface area contributed by atoms with Gasteiger partial charge in [0.1, 0.15) is 4.75 Å². The molecule has 1 saturated heterocycles. The fourth-order valence-corrected chi connectivity index (χ4v) is 3.94. The number of hydrogen-bond donors (Lipinski definition) is 1. The van der Waals surface area contributed by atoms with E-state index in [2.05, 4.69) is 15.9 Å². The van der Waals surface area contributed by atoms with Gasteiger partial charge in [-0.15, -0.1) is 11.8 Å². The van der Waals surface area contributed by atoms with Gasteiger partial charge in [0.15, 0.2) is 0 Å². The van der Waals surface area contributed by atoms with Crippen LogP contribution in [0.25, 0.3) is 0 Å². The number of halogens is 1. The lowest BCUT2D eigenvalue weighted by Gasteiger charge is -2.22. The normalized spacial score (nSPS) is 22.4. The Morgan fingerprint density at radius 2 is 2.32 bits per heavy atom. The monoisotopic (exact) mass is 345 g/mol. The molecule has 5 nitrogen and oxygen atoms in total. The van der Waals surface area contributed by atoms with Crippen LogP contribution in [0.15, 0.2) is 22.7 Å². The average molecular weight is 346 g/mol. The first-order chi connectivity index (χ1) is 8.94. The smallest absolute Gasteiger partial charge is 0.320 e. The van der Waals surface area contributed by atoms with Gasteiger partial charge in [-0.3, -0.25) is 14.9 Å². The summed E-state index contributed by atoms with van der Waals surface area (Å²) in [4.78, 5) is 22.1. The molecule has 7 heteroatoms. The van der Waals surface area contributed by atoms with E-state index >= 15 is 0 Å². The zero-order chi connectivity index (χ0) is 14.0. The SMILES string of the molecule is O=C(O)C1(Cc2ccc(Br)cc2[N+](=O)[O-])CCCS1. The highest BCUT2D eigenvalue weighted by molar-refractivity contribution is 9.10. The Hall–Kier alpha value is -1.08. The highest BCUT2D eigenvalue weighted by atomic mass is 79.9. The zero-order valence-electron chi connectivity index (χ0n) is 9.97. The van der Waals surface area contributed by atoms with E-state index in [-0.39, 0.29) is 12.1 Å². The van der Waals surface area contributed by atoms with E-state index in [1.807, 2.05) is 0 Å². The first-order valence-corrected chi connectivity index (χ1v) is 7.53. The van der Waals surface area contributed by atoms with E-state index < -0.39 is 15.6 Å². The van der Waals surface area contributed by atoms with Crippen molar-refractivity contribution < 1.29 is 14.8 Å². The number of nitro groups is 1. The second-order valence-electron chi connectivity index (χ2n) is 4.46. The lowest BCUT2D eigenvalue weighted by molar-refractivity contribution is -0.385. The number of carboxylic acids is 1. The molecule has 0 bridgehead atoms. The molecular formula is C12H12BrNO4S. The predicted octanol–water partition coefficient (Wildman–Crippen LogP) is 3.25. The van der Waals surface area contributed by atoms with Crippen LogP contribution in [0.1, 0.15) is 18.4 Å². The maximum atomic E-state index is 11.5. The van der Waals surface area contributed by atoms with Crippen molar-refractivity contribution in [2.24, 2.45) is 0 Å². The highest BCUT2D eigenvalue weighted by Gasteiger charge is 2.43. The molecule has 0 amide bonds. The Bertz CT molecular complexity index is 528. The standard InChI is InChI=1S/C12H12BrNO4S/c13-9-3-2-8(10(6-9)14(17)18)7-12(11(15)16)4-1-5-19-12/h2-3,6H,1,4-5,7H2,(H,15,16). The summed E-state index contributed by atoms with van der Waals surface area (Å²) in [6.07, 6.45) is 1.58. The molecule has 1 aliphatic heterocycles. The number of benzene rings is 1. The summed E-state index contributed by atoms with van der Waals surface area (Å²) >= 11 is 4.58. The molecule has 1 aromatic carbocycles. The lowest BCUT2D eigenvalue weighted by atomic mass is 9.93. The molecule has 1 fully saturated rings. The summed E-state index contributed by atoms with van der Waals surface area (Å²) in [5, 5.41) is 20.5. The first-order valence-electron chi connectivity index (χ1n) is 5.75. The highest BCUT2D eigenvalue weighted by Crippen LogP contribution is 2.42. The summed E-state index contributed by atoms with van der Waals surface area (Å²) < 4.78 is -0.301. The van der Waals surface area contributed by atoms with Gasteiger partial charge in [0, 0.05) is 22.5 Å². The Kier molecular flexibility index (Phi) is 4.15. The Morgan fingerprint density at radius 3 is 2.84 bits per heavy atom. The summed E-state index contributed by atoms with van der Waals surface area (Å²) in [5.74, 6) is -0.0939. The van der Waals surface area contributed by atoms with Crippen LogP contribution in [0.5, 0.6) is 0 Å². The van der Waals surface area contributed by atoms with Crippen molar-refractivity contribution in [3.8, 4) is 0 Å². The fourth-order valence-electron chi connectivity index (χ4n) is 2.25. The molecule has 0 spiro atoms. The van der Waals surface area contributed by atoms with E-state index in [9.17, 15) is 20.0 Å². The third-order valence-electron chi connectivity index (χ3n) is 3.21. The number of nitrogens with zero attached hydrogens (tertiary/aromatic N) is 1. The zero-order valence-corrected chi connectivity index (χ0v) is 12.4. The van der Waals surface area contributed by atoms with Gasteiger partial charge in [-0.2, -0.15) is 0 Å². The molecule has 19 heavy (non-hydrogen) atoms. The molecule has 0 aliphatic carbocycles. The van der Waals surface area contributed by atoms with Crippen molar-refractivity contribution in [2.45, 2.75) is 24.0 Å². The minimum Gasteiger partial charge on any atom is -0.480 e. The van der Waals surface area contributed by atoms with Crippen LogP contribution in [0.2, 0.25) is 0 Å². The van der Waals surface area contributed by atoms with E-state index in [1.54, 1.807) is 12.1 Å². The molecule has 1 aliphatic rings. The van der Waals surface area contributed by atoms with Gasteiger partial charge in [-0.1, -0.05) is 22.0 Å². The number of rotatable bonds is 4. The van der Waals surface area contributed by atoms with Crippen LogP contribution in [0.4, 0.5) is 5.69 Å². The minimum absolute atomic E-state index is 0.0255. The van der Waals surface area contributed by atoms with Crippen LogP contribution in [0, 0.1) is 10.1 Å². The molecule has 1 aromatic rings. The molecule has 2 rings (SSSR count). The Balaban J connectivity index is 2.37. The third kappa shape index (κ3) is 2.92. The van der Waals surface area contributed by atoms with Gasteiger partial charge in [0.05, 0.1) is 4.92 Å². The molecule has 1 heterocycles. The van der Waals surface area contributed by atoms with Crippen molar-refractivity contribution in [3.63, 3.8) is 0 Å². The van der Waals surface area contributed by atoms with Crippen LogP contribution in [-0.4, -0.2) is 26.5 Å². The fraction of sp³-hybridized carbons (Fsp3) is 0.417. The van der Waals surface area contributed by atoms with E-state index in [0.717, 1.165) is 12.2 Å². The molecule has 0 saturated carbocycles. The van der Waals surface area contributed by atoms with E-state index in [4.69, 9.17) is 0 Å². The van der Waals surface area contributed by atoms with Crippen molar-refractivity contribution in [2.75, 3.05) is 5.75 Å². The van der Waals surface area contributed by atoms with Crippen molar-refractivity contribution in [1.82, 2.24) is 0 Å². The van der Waals surface area contributed by atoms with Crippen molar-refractivity contribution in [3.05, 3.63) is 38.3 Å². The molecular weight excluding hydrogens is 334 g/mol. The second-order valence-corrected chi connectivity index (χ2v) is 6.85. The van der Waals surface area contributed by atoms with E-state index in [1.165, 1.54) is 17.8 Å². The molecule has 1 N–H and O–H groups in total. The average Bonchev–Trinajstić information content (AvgIpc) is 2.81. The topological polar surface area (TPSA) is 80.4 Å². The van der Waals surface area contributed by atoms with Crippen LogP contribution < -0.4 is 0 Å². The van der Waals surface area contributed by atoms with Gasteiger partial charge >= 0.3 is 5.97 Å². The predicted molar refractivity (Wildman–Crippen MR) is 76.6 cm³/mol. The maximum absolute atomic E-state index is 11.5. The van der Waals surface area contributed by atoms with Crippen molar-refractivity contribution in [1.29, 1.82) is 0 Å². The molecule has 1 unspecified atom stereocenters. The van der Waals surface area contributed by atoms with Crippen molar-refractivity contribution >= 4 is 39.3 Å². The molecule has 0 radical (unpaired) electrons. The number of hydrogen-bond acceptors (Lipinski definition) is 4. The molecule has 102 valence electrons. The van der Waals surface area contributed by atoms with Gasteiger partial charge in [-0.25, -0.2) is 0 Å². The number of carbonyl (C=O) groups is 1. The second kappa shape index (κ2) is 5.50. The van der Waals surface area contributed by atoms with Gasteiger partial charge in [-0.05, 0) is 24.7 Å². The molecule has 1 atom stereocenters. The number of nitro benzene ring substituents is 1. The van der Waals surface area contributed by atoms with E-state index in [0.29, 0.717) is 16.5 Å². The largest absolute Gasteiger partial charge is 0.480 e. The summed E-state index contributed by atoms with van der Waals surface area (Å²) in [6.45, 7) is 0. The minimum atomic E-state index is -0.918. The quantitative estimate of drug-likeness (QED) is 0.669. The Morgan fingerprint density at radius 1 is 1.58 bits per heavy atom. The van der Waals surface area contributed by atoms with Crippen LogP contribution in [0.3, 0.4) is 0 Å². The Labute approximate surface area is 122 Å². The number of carboxylic acid groups (broad SMARTS) is 1. The summed E-state index contributed by atoms with van der Waals surface area (Å²) in [7, 11) is 0. The van der Waals surface area contributed by atoms with Gasteiger partial charge in [0.25, 0.3) is 5.69 Å². The third-order valence-corrected chi connectivity index (χ3v) is 5.27. The lowest BCUT2D eigenvalue weighted by Crippen LogP contribution is -2.35. The van der Waals surface area contributed by atoms with Gasteiger partial charge < -0.3 is 5.11 Å². The van der Waals surface area contributed by atoms with Gasteiger partial charge in [0.2, 0.25) is 0 Å². The summed E-state index contributed by atoms with van der Waals surface area (Å²) in [5.41, 5.74) is 0.451. The van der Waals surface area contributed by atoms with Crippen LogP contribution in [-0.2, 0) is 11.2 Å².